The molecule has 2 aromatic carbocycles. The van der Waals surface area contributed by atoms with Crippen molar-refractivity contribution in [2.24, 2.45) is 5.92 Å². The van der Waals surface area contributed by atoms with Crippen molar-refractivity contribution >= 4 is 33.4 Å². The maximum absolute atomic E-state index is 13.6. The summed E-state index contributed by atoms with van der Waals surface area (Å²) in [5, 5.41) is 0.927. The molecule has 0 saturated carbocycles. The summed E-state index contributed by atoms with van der Waals surface area (Å²) in [5.41, 5.74) is 5.34. The molecule has 3 heterocycles. The molecule has 0 aliphatic carbocycles. The molecule has 1 aliphatic heterocycles. The maximum Gasteiger partial charge on any atom is 0.211 e. The molecule has 0 fully saturated rings. The zero-order valence-corrected chi connectivity index (χ0v) is 21.7. The summed E-state index contributed by atoms with van der Waals surface area (Å²) in [5.74, 6) is 1.64. The number of aryl methyl sites for hydroxylation is 1. The molecular formula is C28H31N3OS2. The van der Waals surface area contributed by atoms with Crippen molar-refractivity contribution in [2.45, 2.75) is 51.9 Å². The van der Waals surface area contributed by atoms with Crippen LogP contribution in [0.2, 0.25) is 0 Å². The minimum atomic E-state index is 0.125. The lowest BCUT2D eigenvalue weighted by molar-refractivity contribution is 0.248. The molecule has 6 heteroatoms. The normalized spacial score (nSPS) is 14.1. The van der Waals surface area contributed by atoms with Crippen molar-refractivity contribution in [3.8, 4) is 5.69 Å². The first kappa shape index (κ1) is 23.3. The molecule has 2 aromatic heterocycles. The van der Waals surface area contributed by atoms with Crippen molar-refractivity contribution in [1.82, 2.24) is 14.5 Å². The third-order valence-corrected chi connectivity index (χ3v) is 8.53. The largest absolute Gasteiger partial charge is 0.294 e. The summed E-state index contributed by atoms with van der Waals surface area (Å²) in [7, 11) is 0. The van der Waals surface area contributed by atoms with Crippen molar-refractivity contribution in [3.05, 3.63) is 86.4 Å². The van der Waals surface area contributed by atoms with E-state index in [1.165, 1.54) is 16.0 Å². The number of hydrogen-bond donors (Lipinski definition) is 0. The van der Waals surface area contributed by atoms with E-state index in [0.717, 1.165) is 59.5 Å². The van der Waals surface area contributed by atoms with Crippen LogP contribution in [0.4, 0.5) is 0 Å². The molecule has 0 bridgehead atoms. The standard InChI is InChI=1S/C28H31N3OS2/c1-19(2)14-16-33-28-29-25-26(32)23-13-15-30(17-21-7-5-4-6-8-21)18-24(23)34-27(25)31(28)22-11-9-20(3)10-12-22/h4-12,19H,13-18H2,1-3H3. The van der Waals surface area contributed by atoms with Crippen LogP contribution in [0.15, 0.2) is 64.5 Å². The first-order valence-corrected chi connectivity index (χ1v) is 13.8. The van der Waals surface area contributed by atoms with Gasteiger partial charge in [-0.2, -0.15) is 0 Å². The van der Waals surface area contributed by atoms with E-state index in [0.29, 0.717) is 11.4 Å². The number of fused-ring (bicyclic) bond motifs is 2. The zero-order chi connectivity index (χ0) is 23.7. The summed E-state index contributed by atoms with van der Waals surface area (Å²) >= 11 is 3.51. The van der Waals surface area contributed by atoms with Gasteiger partial charge in [0.15, 0.2) is 5.16 Å². The highest BCUT2D eigenvalue weighted by atomic mass is 32.2. The van der Waals surface area contributed by atoms with Crippen LogP contribution in [0.5, 0.6) is 0 Å². The monoisotopic (exact) mass is 489 g/mol. The lowest BCUT2D eigenvalue weighted by Crippen LogP contribution is -2.32. The van der Waals surface area contributed by atoms with Crippen molar-refractivity contribution in [1.29, 1.82) is 0 Å². The van der Waals surface area contributed by atoms with E-state index in [9.17, 15) is 4.79 Å². The number of thioether (sulfide) groups is 1. The van der Waals surface area contributed by atoms with E-state index in [1.54, 1.807) is 23.1 Å². The van der Waals surface area contributed by atoms with Crippen molar-refractivity contribution in [3.63, 3.8) is 0 Å². The Balaban J connectivity index is 1.55. The second kappa shape index (κ2) is 10.1. The predicted octanol–water partition coefficient (Wildman–Crippen LogP) is 6.45. The third-order valence-electron chi connectivity index (χ3n) is 6.36. The average Bonchev–Trinajstić information content (AvgIpc) is 3.18. The van der Waals surface area contributed by atoms with Gasteiger partial charge in [-0.3, -0.25) is 14.3 Å². The van der Waals surface area contributed by atoms with Gasteiger partial charge in [-0.1, -0.05) is 73.6 Å². The average molecular weight is 490 g/mol. The highest BCUT2D eigenvalue weighted by molar-refractivity contribution is 7.99. The number of aromatic nitrogens is 2. The molecule has 176 valence electrons. The van der Waals surface area contributed by atoms with Gasteiger partial charge in [0.2, 0.25) is 5.43 Å². The fourth-order valence-electron chi connectivity index (χ4n) is 4.39. The van der Waals surface area contributed by atoms with E-state index < -0.39 is 0 Å². The Bertz CT molecular complexity index is 1340. The van der Waals surface area contributed by atoms with Crippen molar-refractivity contribution < 1.29 is 0 Å². The molecule has 4 aromatic rings. The molecule has 34 heavy (non-hydrogen) atoms. The lowest BCUT2D eigenvalue weighted by Gasteiger charge is -2.27. The smallest absolute Gasteiger partial charge is 0.211 e. The predicted molar refractivity (Wildman–Crippen MR) is 144 cm³/mol. The van der Waals surface area contributed by atoms with Crippen molar-refractivity contribution in [2.75, 3.05) is 12.3 Å². The van der Waals surface area contributed by atoms with Crippen LogP contribution < -0.4 is 5.43 Å². The quantitative estimate of drug-likeness (QED) is 0.280. The zero-order valence-electron chi connectivity index (χ0n) is 20.1. The molecule has 0 radical (unpaired) electrons. The summed E-state index contributed by atoms with van der Waals surface area (Å²) in [4.78, 5) is 23.1. The molecule has 0 spiro atoms. The molecule has 5 rings (SSSR count). The Labute approximate surface area is 209 Å². The Morgan fingerprint density at radius 2 is 1.85 bits per heavy atom. The first-order chi connectivity index (χ1) is 16.5. The van der Waals surface area contributed by atoms with E-state index in [1.807, 2.05) is 0 Å². The molecule has 0 amide bonds. The summed E-state index contributed by atoms with van der Waals surface area (Å²) in [6, 6.07) is 19.1. The Kier molecular flexibility index (Phi) is 6.91. The van der Waals surface area contributed by atoms with E-state index >= 15 is 0 Å². The van der Waals surface area contributed by atoms with Crippen LogP contribution in [0, 0.1) is 12.8 Å². The van der Waals surface area contributed by atoms with Gasteiger partial charge in [0.1, 0.15) is 10.3 Å². The van der Waals surface area contributed by atoms with Crippen LogP contribution in [0.25, 0.3) is 16.0 Å². The van der Waals surface area contributed by atoms with Gasteiger partial charge in [-0.25, -0.2) is 4.98 Å². The lowest BCUT2D eigenvalue weighted by atomic mass is 10.1. The second-order valence-corrected chi connectivity index (χ2v) is 11.7. The fraction of sp³-hybridized carbons (Fsp3) is 0.357. The Hall–Kier alpha value is -2.41. The van der Waals surface area contributed by atoms with Crippen LogP contribution >= 0.6 is 23.1 Å². The van der Waals surface area contributed by atoms with Gasteiger partial charge < -0.3 is 0 Å². The van der Waals surface area contributed by atoms with Gasteiger partial charge in [-0.15, -0.1) is 11.3 Å². The Morgan fingerprint density at radius 3 is 2.59 bits per heavy atom. The van der Waals surface area contributed by atoms with Crippen LogP contribution in [-0.2, 0) is 19.5 Å². The van der Waals surface area contributed by atoms with Gasteiger partial charge in [-0.05, 0) is 43.4 Å². The molecule has 4 nitrogen and oxygen atoms in total. The molecule has 1 aliphatic rings. The molecule has 0 atom stereocenters. The Morgan fingerprint density at radius 1 is 1.09 bits per heavy atom. The fourth-order valence-corrected chi connectivity index (χ4v) is 7.02. The minimum absolute atomic E-state index is 0.125. The molecule has 0 unspecified atom stereocenters. The minimum Gasteiger partial charge on any atom is -0.294 e. The number of rotatable bonds is 7. The van der Waals surface area contributed by atoms with Crippen LogP contribution in [0.1, 0.15) is 41.8 Å². The summed E-state index contributed by atoms with van der Waals surface area (Å²) in [6.07, 6.45) is 1.92. The summed E-state index contributed by atoms with van der Waals surface area (Å²) < 4.78 is 2.21. The topological polar surface area (TPSA) is 38.1 Å². The molecular weight excluding hydrogens is 458 g/mol. The van der Waals surface area contributed by atoms with E-state index in [4.69, 9.17) is 4.98 Å². The van der Waals surface area contributed by atoms with E-state index in [-0.39, 0.29) is 5.43 Å². The van der Waals surface area contributed by atoms with Gasteiger partial charge in [0, 0.05) is 41.5 Å². The van der Waals surface area contributed by atoms with Crippen LogP contribution in [-0.4, -0.2) is 26.7 Å². The first-order valence-electron chi connectivity index (χ1n) is 12.0. The second-order valence-electron chi connectivity index (χ2n) is 9.53. The molecule has 0 saturated heterocycles. The summed E-state index contributed by atoms with van der Waals surface area (Å²) in [6.45, 7) is 9.23. The SMILES string of the molecule is Cc1ccc(-n2c(SCCC(C)C)nc3c(=O)c4c(sc32)CN(Cc2ccccc2)CC4)cc1. The number of nitrogens with zero attached hydrogens (tertiary/aromatic N) is 3. The van der Waals surface area contributed by atoms with Gasteiger partial charge in [0.05, 0.1) is 0 Å². The van der Waals surface area contributed by atoms with E-state index in [2.05, 4.69) is 84.8 Å². The third kappa shape index (κ3) is 4.85. The number of hydrogen-bond acceptors (Lipinski definition) is 5. The maximum atomic E-state index is 13.6. The highest BCUT2D eigenvalue weighted by Gasteiger charge is 2.25. The number of imidazole rings is 1. The van der Waals surface area contributed by atoms with Gasteiger partial charge >= 0.3 is 0 Å². The molecule has 0 N–H and O–H groups in total. The van der Waals surface area contributed by atoms with Crippen LogP contribution in [0.3, 0.4) is 0 Å². The number of benzene rings is 2. The highest BCUT2D eigenvalue weighted by Crippen LogP contribution is 2.34. The van der Waals surface area contributed by atoms with Gasteiger partial charge in [0.25, 0.3) is 0 Å².